The Morgan fingerprint density at radius 1 is 1.21 bits per heavy atom. The Hall–Kier alpha value is -2.00. The molecule has 8 heteroatoms. The van der Waals surface area contributed by atoms with Crippen molar-refractivity contribution in [1.82, 2.24) is 9.80 Å². The van der Waals surface area contributed by atoms with Crippen LogP contribution in [0.1, 0.15) is 44.2 Å². The first-order chi connectivity index (χ1) is 16.2. The van der Waals surface area contributed by atoms with Crippen molar-refractivity contribution in [3.05, 3.63) is 52.0 Å². The summed E-state index contributed by atoms with van der Waals surface area (Å²) < 4.78 is 24.8. The lowest BCUT2D eigenvalue weighted by atomic mass is 10.00. The molecule has 188 valence electrons. The topological polar surface area (TPSA) is 62.2 Å². The van der Waals surface area contributed by atoms with Crippen molar-refractivity contribution in [3.63, 3.8) is 0 Å². The van der Waals surface area contributed by atoms with Crippen molar-refractivity contribution in [3.8, 4) is 5.75 Å². The number of nitrogens with zero attached hydrogens (tertiary/aromatic N) is 2. The highest BCUT2D eigenvalue weighted by molar-refractivity contribution is 7.10. The Balaban J connectivity index is 1.65. The summed E-state index contributed by atoms with van der Waals surface area (Å²) in [4.78, 5) is 18.6. The summed E-state index contributed by atoms with van der Waals surface area (Å²) in [6, 6.07) is 7.88. The van der Waals surface area contributed by atoms with Crippen LogP contribution in [0.5, 0.6) is 5.75 Å². The molecule has 2 heterocycles. The van der Waals surface area contributed by atoms with E-state index >= 15 is 0 Å². The molecule has 0 unspecified atom stereocenters. The molecule has 0 bridgehead atoms. The van der Waals surface area contributed by atoms with Crippen molar-refractivity contribution in [2.75, 3.05) is 39.5 Å². The van der Waals surface area contributed by atoms with Crippen LogP contribution in [0.4, 0.5) is 4.39 Å². The second kappa shape index (κ2) is 12.6. The Morgan fingerprint density at radius 3 is 2.62 bits per heavy atom. The Kier molecular flexibility index (Phi) is 9.88. The normalized spacial score (nSPS) is 16.9. The summed E-state index contributed by atoms with van der Waals surface area (Å²) in [5.74, 6) is 0.677. The summed E-state index contributed by atoms with van der Waals surface area (Å²) in [6.07, 6.45) is 0.162. The fraction of sp³-hybridized carbons (Fsp3) is 0.577. The van der Waals surface area contributed by atoms with E-state index in [0.717, 1.165) is 12.0 Å². The largest absolute Gasteiger partial charge is 0.491 e. The maximum atomic E-state index is 13.5. The van der Waals surface area contributed by atoms with Crippen LogP contribution in [-0.2, 0) is 16.0 Å². The fourth-order valence-corrected chi connectivity index (χ4v) is 4.99. The number of benzene rings is 1. The average Bonchev–Trinajstić information content (AvgIpc) is 3.26. The van der Waals surface area contributed by atoms with Gasteiger partial charge in [0.2, 0.25) is 5.91 Å². The van der Waals surface area contributed by atoms with Crippen molar-refractivity contribution < 1.29 is 23.8 Å². The molecule has 1 aliphatic heterocycles. The van der Waals surface area contributed by atoms with E-state index < -0.39 is 6.10 Å². The molecule has 2 aromatic rings. The summed E-state index contributed by atoms with van der Waals surface area (Å²) in [5.41, 5.74) is 1.12. The number of amides is 1. The minimum Gasteiger partial charge on any atom is -0.491 e. The molecule has 1 aromatic carbocycles. The Bertz CT molecular complexity index is 902. The molecular formula is C26H37FN2O4S. The highest BCUT2D eigenvalue weighted by Gasteiger charge is 2.33. The van der Waals surface area contributed by atoms with E-state index in [9.17, 15) is 14.3 Å². The van der Waals surface area contributed by atoms with Crippen molar-refractivity contribution in [2.45, 2.75) is 52.3 Å². The first-order valence-corrected chi connectivity index (χ1v) is 12.9. The van der Waals surface area contributed by atoms with Gasteiger partial charge in [0.25, 0.3) is 0 Å². The van der Waals surface area contributed by atoms with Crippen molar-refractivity contribution in [1.29, 1.82) is 0 Å². The van der Waals surface area contributed by atoms with Crippen LogP contribution in [-0.4, -0.2) is 72.4 Å². The number of hydrogen-bond donors (Lipinski definition) is 1. The summed E-state index contributed by atoms with van der Waals surface area (Å²) >= 11 is 1.70. The molecule has 0 saturated heterocycles. The quantitative estimate of drug-likeness (QED) is 0.483. The number of rotatable bonds is 12. The molecule has 1 aliphatic rings. The van der Waals surface area contributed by atoms with Crippen LogP contribution < -0.4 is 4.74 Å². The van der Waals surface area contributed by atoms with Crippen molar-refractivity contribution in [2.24, 2.45) is 5.92 Å². The third kappa shape index (κ3) is 7.50. The number of hydrogen-bond acceptors (Lipinski definition) is 6. The number of aliphatic hydroxyl groups is 1. The van der Waals surface area contributed by atoms with Crippen LogP contribution in [0.3, 0.4) is 0 Å². The molecule has 2 atom stereocenters. The summed E-state index contributed by atoms with van der Waals surface area (Å²) in [6.45, 7) is 10.5. The highest BCUT2D eigenvalue weighted by Crippen LogP contribution is 2.34. The summed E-state index contributed by atoms with van der Waals surface area (Å²) in [5, 5.41) is 12.5. The van der Waals surface area contributed by atoms with Gasteiger partial charge >= 0.3 is 0 Å². The van der Waals surface area contributed by atoms with E-state index in [1.165, 1.54) is 17.0 Å². The van der Waals surface area contributed by atoms with Crippen LogP contribution in [0.15, 0.2) is 35.7 Å². The number of carbonyl (C=O) groups excluding carboxylic acids is 1. The van der Waals surface area contributed by atoms with E-state index in [4.69, 9.17) is 9.47 Å². The predicted octanol–water partition coefficient (Wildman–Crippen LogP) is 4.14. The zero-order valence-electron chi connectivity index (χ0n) is 20.6. The molecule has 1 amide bonds. The third-order valence-electron chi connectivity index (χ3n) is 5.91. The second-order valence-corrected chi connectivity index (χ2v) is 10.5. The number of thiophene rings is 1. The molecule has 0 fully saturated rings. The van der Waals surface area contributed by atoms with E-state index in [2.05, 4.69) is 25.3 Å². The number of ether oxygens (including phenoxy) is 2. The fourth-order valence-electron chi connectivity index (χ4n) is 4.07. The first-order valence-electron chi connectivity index (χ1n) is 12.0. The molecule has 0 spiro atoms. The third-order valence-corrected chi connectivity index (χ3v) is 6.91. The molecule has 34 heavy (non-hydrogen) atoms. The predicted molar refractivity (Wildman–Crippen MR) is 133 cm³/mol. The van der Waals surface area contributed by atoms with Crippen LogP contribution in [0.2, 0.25) is 0 Å². The standard InChI is InChI=1S/C26H37FN2O4S/c1-18(2)15-32-16-21(30)13-28(19(3)4)14-26(31)29-11-9-25-23(10-12-34-25)24(29)17-33-22-7-5-20(27)6-8-22/h5-8,10,12,18-19,21,24,30H,9,11,13-17H2,1-4H3/t21-,24+/m0/s1. The van der Waals surface area contributed by atoms with Gasteiger partial charge in [0.15, 0.2) is 0 Å². The van der Waals surface area contributed by atoms with Gasteiger partial charge in [-0.3, -0.25) is 9.69 Å². The van der Waals surface area contributed by atoms with Gasteiger partial charge in [-0.25, -0.2) is 4.39 Å². The average molecular weight is 493 g/mol. The first kappa shape index (κ1) is 26.6. The lowest BCUT2D eigenvalue weighted by Gasteiger charge is -2.38. The van der Waals surface area contributed by atoms with Gasteiger partial charge in [-0.1, -0.05) is 13.8 Å². The maximum Gasteiger partial charge on any atom is 0.237 e. The number of aliphatic hydroxyl groups excluding tert-OH is 1. The lowest BCUT2D eigenvalue weighted by molar-refractivity contribution is -0.137. The van der Waals surface area contributed by atoms with Gasteiger partial charge in [0.05, 0.1) is 25.3 Å². The second-order valence-electron chi connectivity index (χ2n) is 9.53. The van der Waals surface area contributed by atoms with Gasteiger partial charge in [-0.05, 0) is 67.5 Å². The van der Waals surface area contributed by atoms with Crippen LogP contribution in [0.25, 0.3) is 0 Å². The zero-order chi connectivity index (χ0) is 24.7. The van der Waals surface area contributed by atoms with Gasteiger partial charge < -0.3 is 19.5 Å². The SMILES string of the molecule is CC(C)COC[C@@H](O)CN(CC(=O)N1CCc2sccc2[C@H]1COc1ccc(F)cc1)C(C)C. The summed E-state index contributed by atoms with van der Waals surface area (Å²) in [7, 11) is 0. The van der Waals surface area contributed by atoms with Gasteiger partial charge in [0, 0.05) is 30.6 Å². The minimum absolute atomic E-state index is 0.00792. The molecule has 1 aromatic heterocycles. The van der Waals surface area contributed by atoms with Gasteiger partial charge in [-0.2, -0.15) is 0 Å². The lowest BCUT2D eigenvalue weighted by Crippen LogP contribution is -2.49. The van der Waals surface area contributed by atoms with E-state index in [1.54, 1.807) is 23.5 Å². The molecule has 0 saturated carbocycles. The minimum atomic E-state index is -0.656. The van der Waals surface area contributed by atoms with Crippen molar-refractivity contribution >= 4 is 17.2 Å². The molecule has 0 aliphatic carbocycles. The number of fused-ring (bicyclic) bond motifs is 1. The monoisotopic (exact) mass is 492 g/mol. The molecule has 6 nitrogen and oxygen atoms in total. The van der Waals surface area contributed by atoms with E-state index in [0.29, 0.717) is 38.0 Å². The van der Waals surface area contributed by atoms with Gasteiger partial charge in [0.1, 0.15) is 18.2 Å². The molecular weight excluding hydrogens is 455 g/mol. The Labute approximate surface area is 206 Å². The number of carbonyl (C=O) groups is 1. The van der Waals surface area contributed by atoms with E-state index in [1.807, 2.05) is 23.6 Å². The van der Waals surface area contributed by atoms with E-state index in [-0.39, 0.29) is 37.0 Å². The molecule has 1 N–H and O–H groups in total. The van der Waals surface area contributed by atoms with Crippen LogP contribution in [0, 0.1) is 11.7 Å². The Morgan fingerprint density at radius 2 is 1.94 bits per heavy atom. The highest BCUT2D eigenvalue weighted by atomic mass is 32.1. The number of halogens is 1. The molecule has 3 rings (SSSR count). The molecule has 0 radical (unpaired) electrons. The maximum absolute atomic E-state index is 13.5. The van der Waals surface area contributed by atoms with Crippen LogP contribution >= 0.6 is 11.3 Å². The smallest absolute Gasteiger partial charge is 0.237 e. The van der Waals surface area contributed by atoms with Gasteiger partial charge in [-0.15, -0.1) is 11.3 Å². The zero-order valence-corrected chi connectivity index (χ0v) is 21.4.